The zero-order chi connectivity index (χ0) is 26.6. The molecule has 6 N–H and O–H groups in total. The maximum Gasteiger partial charge on any atom is 0.258 e. The molecule has 1 aliphatic heterocycles. The molecule has 3 aliphatic rings. The molecule has 1 unspecified atom stereocenters. The minimum atomic E-state index is -0.874. The number of primary amides is 2. The van der Waals surface area contributed by atoms with Crippen LogP contribution in [-0.2, 0) is 18.3 Å². The third kappa shape index (κ3) is 3.91. The van der Waals surface area contributed by atoms with E-state index in [1.807, 2.05) is 12.1 Å². The topological polar surface area (TPSA) is 180 Å². The number of amides is 2. The van der Waals surface area contributed by atoms with Crippen LogP contribution in [0.1, 0.15) is 65.3 Å². The van der Waals surface area contributed by atoms with Gasteiger partial charge in [0, 0.05) is 28.0 Å². The molecule has 0 radical (unpaired) electrons. The maximum absolute atomic E-state index is 12.2. The van der Waals surface area contributed by atoms with Crippen molar-refractivity contribution in [2.75, 3.05) is 13.1 Å². The van der Waals surface area contributed by atoms with Crippen LogP contribution >= 0.6 is 22.7 Å². The number of nitrogens with zero attached hydrogens (tertiary/aromatic N) is 5. The first-order chi connectivity index (χ1) is 18.3. The predicted molar refractivity (Wildman–Crippen MR) is 142 cm³/mol. The van der Waals surface area contributed by atoms with Gasteiger partial charge in [0.2, 0.25) is 0 Å². The predicted octanol–water partition coefficient (Wildman–Crippen LogP) is 1.43. The van der Waals surface area contributed by atoms with Crippen molar-refractivity contribution in [3.63, 3.8) is 0 Å². The number of piperidine rings is 1. The molecule has 38 heavy (non-hydrogen) atoms. The minimum Gasteiger partial charge on any atom is -0.365 e. The van der Waals surface area contributed by atoms with Crippen LogP contribution in [0.2, 0.25) is 0 Å². The number of nitriles is 1. The second-order valence-corrected chi connectivity index (χ2v) is 12.4. The highest BCUT2D eigenvalue weighted by molar-refractivity contribution is 7.15. The molecule has 11 nitrogen and oxygen atoms in total. The van der Waals surface area contributed by atoms with Crippen LogP contribution in [0.5, 0.6) is 0 Å². The molecule has 2 aliphatic carbocycles. The lowest BCUT2D eigenvalue weighted by molar-refractivity contribution is 0.0995. The van der Waals surface area contributed by atoms with Crippen molar-refractivity contribution in [2.24, 2.45) is 17.4 Å². The number of fused-ring (bicyclic) bond motifs is 3. The molecule has 2 amide bonds. The first kappa shape index (κ1) is 24.7. The van der Waals surface area contributed by atoms with E-state index in [1.54, 1.807) is 0 Å². The molecular formula is C25H27N9O2S2. The third-order valence-corrected chi connectivity index (χ3v) is 10.4. The maximum atomic E-state index is 12.2. The molecule has 1 saturated heterocycles. The number of tetrazole rings is 1. The lowest BCUT2D eigenvalue weighted by Gasteiger charge is -2.32. The van der Waals surface area contributed by atoms with Crippen molar-refractivity contribution in [1.82, 2.24) is 30.8 Å². The molecule has 4 heterocycles. The van der Waals surface area contributed by atoms with Gasteiger partial charge in [0.15, 0.2) is 5.82 Å². The first-order valence-corrected chi connectivity index (χ1v) is 14.1. The number of nitrogens with one attached hydrogen (secondary N) is 2. The van der Waals surface area contributed by atoms with Crippen molar-refractivity contribution in [1.29, 1.82) is 5.26 Å². The van der Waals surface area contributed by atoms with E-state index >= 15 is 0 Å². The zero-order valence-electron chi connectivity index (χ0n) is 20.6. The van der Waals surface area contributed by atoms with Crippen LogP contribution in [-0.4, -0.2) is 62.5 Å². The minimum absolute atomic E-state index is 0.109. The third-order valence-electron chi connectivity index (χ3n) is 7.95. The van der Waals surface area contributed by atoms with Gasteiger partial charge in [-0.3, -0.25) is 9.59 Å². The molecule has 0 spiro atoms. The smallest absolute Gasteiger partial charge is 0.258 e. The average Bonchev–Trinajstić information content (AvgIpc) is 3.40. The molecule has 6 rings (SSSR count). The van der Waals surface area contributed by atoms with Crippen molar-refractivity contribution >= 4 is 34.5 Å². The van der Waals surface area contributed by atoms with Crippen LogP contribution in [0.15, 0.2) is 24.4 Å². The van der Waals surface area contributed by atoms with Crippen molar-refractivity contribution in [3.8, 4) is 6.07 Å². The molecule has 1 saturated carbocycles. The summed E-state index contributed by atoms with van der Waals surface area (Å²) in [5, 5.41) is 28.3. The van der Waals surface area contributed by atoms with Crippen LogP contribution in [0.25, 0.3) is 0 Å². The Balaban J connectivity index is 1.35. The van der Waals surface area contributed by atoms with Crippen LogP contribution < -0.4 is 16.8 Å². The summed E-state index contributed by atoms with van der Waals surface area (Å²) in [6, 6.07) is 6.41. The van der Waals surface area contributed by atoms with E-state index in [4.69, 9.17) is 11.5 Å². The van der Waals surface area contributed by atoms with Crippen molar-refractivity contribution in [3.05, 3.63) is 60.9 Å². The molecule has 2 fully saturated rings. The van der Waals surface area contributed by atoms with E-state index in [9.17, 15) is 14.9 Å². The van der Waals surface area contributed by atoms with Gasteiger partial charge < -0.3 is 21.7 Å². The Labute approximate surface area is 226 Å². The number of aryl methyl sites for hydroxylation is 2. The number of aromatic nitrogens is 4. The largest absolute Gasteiger partial charge is 0.365 e. The number of thiophene rings is 2. The Kier molecular flexibility index (Phi) is 6.05. The second kappa shape index (κ2) is 9.30. The molecule has 3 atom stereocenters. The number of carbonyl (C=O) groups is 2. The van der Waals surface area contributed by atoms with Crippen molar-refractivity contribution < 1.29 is 9.59 Å². The average molecular weight is 550 g/mol. The number of aromatic amines is 1. The zero-order valence-corrected chi connectivity index (χ0v) is 22.2. The van der Waals surface area contributed by atoms with Gasteiger partial charge in [-0.05, 0) is 67.8 Å². The molecule has 13 heteroatoms. The fourth-order valence-corrected chi connectivity index (χ4v) is 8.34. The lowest BCUT2D eigenvalue weighted by atomic mass is 9.71. The Morgan fingerprint density at radius 2 is 1.84 bits per heavy atom. The Bertz CT molecular complexity index is 1410. The summed E-state index contributed by atoms with van der Waals surface area (Å²) in [7, 11) is 0. The normalized spacial score (nSPS) is 22.6. The van der Waals surface area contributed by atoms with E-state index in [0.717, 1.165) is 39.4 Å². The summed E-state index contributed by atoms with van der Waals surface area (Å²) in [6.45, 7) is 5.36. The summed E-state index contributed by atoms with van der Waals surface area (Å²) in [6.07, 6.45) is 3.95. The van der Waals surface area contributed by atoms with Gasteiger partial charge in [-0.2, -0.15) is 10.5 Å². The first-order valence-electron chi connectivity index (χ1n) is 12.5. The lowest BCUT2D eigenvalue weighted by Crippen LogP contribution is -2.38. The van der Waals surface area contributed by atoms with Gasteiger partial charge in [-0.25, -0.2) is 0 Å². The number of nitrogens with two attached hydrogens (primary N) is 2. The fourth-order valence-electron chi connectivity index (χ4n) is 6.16. The molecular weight excluding hydrogens is 522 g/mol. The van der Waals surface area contributed by atoms with Gasteiger partial charge in [0.05, 0.1) is 21.2 Å². The van der Waals surface area contributed by atoms with Gasteiger partial charge in [-0.1, -0.05) is 11.8 Å². The van der Waals surface area contributed by atoms with E-state index in [1.165, 1.54) is 22.7 Å². The summed E-state index contributed by atoms with van der Waals surface area (Å²) in [4.78, 5) is 29.5. The van der Waals surface area contributed by atoms with Gasteiger partial charge in [0.25, 0.3) is 11.8 Å². The highest BCUT2D eigenvalue weighted by Crippen LogP contribution is 2.51. The molecule has 0 bridgehead atoms. The number of hydrogen-bond acceptors (Lipinski definition) is 10. The summed E-state index contributed by atoms with van der Waals surface area (Å²) in [5.74, 6) is 0.0877. The molecule has 3 aromatic rings. The molecule has 196 valence electrons. The number of hydrogen-bond donors (Lipinski definition) is 4. The fraction of sp³-hybridized carbons (Fsp3) is 0.440. The number of rotatable bonds is 9. The number of carbonyl (C=O) groups excluding carboxylic acids is 2. The van der Waals surface area contributed by atoms with Crippen molar-refractivity contribution in [2.45, 2.75) is 49.6 Å². The Morgan fingerprint density at radius 3 is 2.39 bits per heavy atom. The highest BCUT2D eigenvalue weighted by atomic mass is 32.1. The quantitative estimate of drug-likeness (QED) is 0.289. The van der Waals surface area contributed by atoms with E-state index in [0.29, 0.717) is 59.9 Å². The standard InChI is InChI=1S/C25H27N9O2S2/c1-12(34-14(10-26)6-13-7-17(13)34)11-29-5-4-25(24-30-32-33-31-24)15-8-20(22(27)35)37-18(15)2-3-19-16(25)9-21(38-19)23(28)36/h8-9,13-14,17,29H,1-7,11H2,(H2,27,35)(H2,28,36)(H,30,31,32,33)/t13-,14?,17+/m1/s1. The monoisotopic (exact) mass is 549 g/mol. The van der Waals surface area contributed by atoms with E-state index < -0.39 is 17.2 Å². The van der Waals surface area contributed by atoms with E-state index in [2.05, 4.69) is 43.5 Å². The number of H-pyrrole nitrogens is 1. The molecule has 3 aromatic heterocycles. The van der Waals surface area contributed by atoms with Crippen LogP contribution in [0.4, 0.5) is 0 Å². The van der Waals surface area contributed by atoms with E-state index in [-0.39, 0.29) is 6.04 Å². The van der Waals surface area contributed by atoms with Gasteiger partial charge in [-0.15, -0.1) is 32.9 Å². The summed E-state index contributed by atoms with van der Waals surface area (Å²) >= 11 is 2.78. The summed E-state index contributed by atoms with van der Waals surface area (Å²) in [5.41, 5.74) is 13.2. The van der Waals surface area contributed by atoms with Crippen LogP contribution in [0, 0.1) is 17.2 Å². The highest BCUT2D eigenvalue weighted by Gasteiger charge is 2.52. The Hall–Kier alpha value is -3.60. The second-order valence-electron chi connectivity index (χ2n) is 10.1. The van der Waals surface area contributed by atoms with Gasteiger partial charge in [0.1, 0.15) is 6.04 Å². The summed E-state index contributed by atoms with van der Waals surface area (Å²) < 4.78 is 0. The number of likely N-dealkylation sites (tertiary alicyclic amines) is 1. The SMILES string of the molecule is C=C(CNCCC1(c2nn[nH]n2)c2cc(C(N)=O)sc2CCc2sc(C(N)=O)cc21)N1C(C#N)C[C@@H]2C[C@@H]21. The Morgan fingerprint density at radius 1 is 1.18 bits per heavy atom. The van der Waals surface area contributed by atoms with Crippen LogP contribution in [0.3, 0.4) is 0 Å². The van der Waals surface area contributed by atoms with Gasteiger partial charge >= 0.3 is 0 Å². The molecule has 0 aromatic carbocycles.